The topological polar surface area (TPSA) is 78.4 Å². The summed E-state index contributed by atoms with van der Waals surface area (Å²) in [5.41, 5.74) is 0.741. The number of aliphatic carboxylic acids is 1. The molecule has 2 rings (SSSR count). The van der Waals surface area contributed by atoms with Gasteiger partial charge < -0.3 is 15.7 Å². The van der Waals surface area contributed by atoms with Gasteiger partial charge in [0.25, 0.3) is 0 Å². The van der Waals surface area contributed by atoms with Gasteiger partial charge in [0, 0.05) is 17.3 Å². The molecule has 0 saturated heterocycles. The molecule has 0 spiro atoms. The average molecular weight is 283 g/mol. The van der Waals surface area contributed by atoms with Crippen molar-refractivity contribution in [1.82, 2.24) is 5.32 Å². The van der Waals surface area contributed by atoms with Gasteiger partial charge in [0.2, 0.25) is 0 Å². The zero-order valence-electron chi connectivity index (χ0n) is 10.5. The smallest absolute Gasteiger partial charge is 0.319 e. The highest BCUT2D eigenvalue weighted by Crippen LogP contribution is 2.45. The highest BCUT2D eigenvalue weighted by molar-refractivity contribution is 6.31. The summed E-state index contributed by atoms with van der Waals surface area (Å²) in [6, 6.07) is 4.78. The van der Waals surface area contributed by atoms with Crippen molar-refractivity contribution in [3.05, 3.63) is 28.8 Å². The van der Waals surface area contributed by atoms with Crippen molar-refractivity contribution < 1.29 is 14.7 Å². The van der Waals surface area contributed by atoms with Crippen LogP contribution in [-0.4, -0.2) is 23.7 Å². The van der Waals surface area contributed by atoms with Gasteiger partial charge in [-0.05, 0) is 37.5 Å². The third-order valence-electron chi connectivity index (χ3n) is 3.34. The minimum atomic E-state index is -0.855. The Morgan fingerprint density at radius 2 is 2.11 bits per heavy atom. The number of urea groups is 1. The number of amides is 2. The Morgan fingerprint density at radius 1 is 1.42 bits per heavy atom. The number of carbonyl (C=O) groups excluding carboxylic acids is 1. The second kappa shape index (κ2) is 5.09. The van der Waals surface area contributed by atoms with Crippen LogP contribution in [-0.2, 0) is 4.79 Å². The van der Waals surface area contributed by atoms with E-state index in [0.717, 1.165) is 5.56 Å². The second-order valence-corrected chi connectivity index (χ2v) is 5.29. The van der Waals surface area contributed by atoms with Crippen LogP contribution >= 0.6 is 11.6 Å². The van der Waals surface area contributed by atoms with E-state index in [9.17, 15) is 9.59 Å². The Bertz CT molecular complexity index is 527. The lowest BCUT2D eigenvalue weighted by Gasteiger charge is -2.13. The first kappa shape index (κ1) is 13.7. The van der Waals surface area contributed by atoms with Crippen LogP contribution in [0.4, 0.5) is 10.5 Å². The molecular weight excluding hydrogens is 268 g/mol. The number of carboxylic acid groups (broad SMARTS) is 1. The molecule has 0 bridgehead atoms. The molecule has 102 valence electrons. The maximum absolute atomic E-state index is 11.7. The number of anilines is 1. The van der Waals surface area contributed by atoms with Crippen molar-refractivity contribution in [3.8, 4) is 0 Å². The lowest BCUT2D eigenvalue weighted by molar-refractivity contribution is -0.143. The van der Waals surface area contributed by atoms with Crippen molar-refractivity contribution in [2.75, 3.05) is 11.9 Å². The van der Waals surface area contributed by atoms with Gasteiger partial charge in [-0.25, -0.2) is 4.79 Å². The van der Waals surface area contributed by atoms with Crippen molar-refractivity contribution in [2.45, 2.75) is 19.8 Å². The molecule has 0 atom stereocenters. The molecule has 0 aromatic heterocycles. The zero-order valence-corrected chi connectivity index (χ0v) is 11.3. The summed E-state index contributed by atoms with van der Waals surface area (Å²) in [4.78, 5) is 22.7. The third kappa shape index (κ3) is 3.17. The summed E-state index contributed by atoms with van der Waals surface area (Å²) in [7, 11) is 0. The predicted molar refractivity (Wildman–Crippen MR) is 72.5 cm³/mol. The molecule has 0 radical (unpaired) electrons. The van der Waals surface area contributed by atoms with Crippen LogP contribution in [0.2, 0.25) is 5.02 Å². The van der Waals surface area contributed by atoms with E-state index in [4.69, 9.17) is 16.7 Å². The Balaban J connectivity index is 1.91. The molecule has 1 aromatic rings. The molecule has 3 N–H and O–H groups in total. The quantitative estimate of drug-likeness (QED) is 0.794. The molecule has 0 heterocycles. The molecule has 1 aromatic carbocycles. The zero-order chi connectivity index (χ0) is 14.0. The first-order chi connectivity index (χ1) is 8.93. The van der Waals surface area contributed by atoms with Gasteiger partial charge in [0.05, 0.1) is 5.41 Å². The van der Waals surface area contributed by atoms with E-state index in [1.165, 1.54) is 0 Å². The molecule has 0 aliphatic heterocycles. The number of hydrogen-bond donors (Lipinski definition) is 3. The van der Waals surface area contributed by atoms with E-state index < -0.39 is 17.4 Å². The second-order valence-electron chi connectivity index (χ2n) is 4.85. The minimum absolute atomic E-state index is 0.147. The van der Waals surface area contributed by atoms with Crippen LogP contribution in [0.25, 0.3) is 0 Å². The number of rotatable bonds is 4. The van der Waals surface area contributed by atoms with Crippen molar-refractivity contribution in [1.29, 1.82) is 0 Å². The molecular formula is C13H15ClN2O3. The predicted octanol–water partition coefficient (Wildman–Crippen LogP) is 2.63. The van der Waals surface area contributed by atoms with Crippen molar-refractivity contribution >= 4 is 29.3 Å². The van der Waals surface area contributed by atoms with Crippen LogP contribution in [0.1, 0.15) is 18.4 Å². The fourth-order valence-corrected chi connectivity index (χ4v) is 1.93. The lowest BCUT2D eigenvalue weighted by atomic mass is 10.1. The normalized spacial score (nSPS) is 15.7. The van der Waals surface area contributed by atoms with Gasteiger partial charge in [-0.2, -0.15) is 0 Å². The first-order valence-corrected chi connectivity index (χ1v) is 6.35. The number of benzene rings is 1. The Morgan fingerprint density at radius 3 is 2.68 bits per heavy atom. The van der Waals surface area contributed by atoms with Gasteiger partial charge >= 0.3 is 12.0 Å². The number of nitrogens with one attached hydrogen (secondary N) is 2. The molecule has 1 saturated carbocycles. The Labute approximate surface area is 116 Å². The van der Waals surface area contributed by atoms with E-state index in [1.807, 2.05) is 6.92 Å². The molecule has 1 aliphatic rings. The molecule has 1 fully saturated rings. The van der Waals surface area contributed by atoms with E-state index in [0.29, 0.717) is 23.6 Å². The summed E-state index contributed by atoms with van der Waals surface area (Å²) in [5, 5.41) is 14.8. The summed E-state index contributed by atoms with van der Waals surface area (Å²) in [6.45, 7) is 2.00. The van der Waals surface area contributed by atoms with Crippen molar-refractivity contribution in [3.63, 3.8) is 0 Å². The standard InChI is InChI=1S/C13H15ClN2O3/c1-8-2-3-9(14)6-10(8)16-12(19)15-7-13(4-5-13)11(17)18/h2-3,6H,4-5,7H2,1H3,(H,17,18)(H2,15,16,19). The lowest BCUT2D eigenvalue weighted by Crippen LogP contribution is -2.36. The molecule has 19 heavy (non-hydrogen) atoms. The Hall–Kier alpha value is -1.75. The molecule has 6 heteroatoms. The number of halogens is 1. The fraction of sp³-hybridized carbons (Fsp3) is 0.385. The van der Waals surface area contributed by atoms with Crippen LogP contribution in [0.3, 0.4) is 0 Å². The van der Waals surface area contributed by atoms with Gasteiger partial charge in [-0.15, -0.1) is 0 Å². The highest BCUT2D eigenvalue weighted by atomic mass is 35.5. The average Bonchev–Trinajstić information content (AvgIpc) is 3.12. The molecule has 1 aliphatic carbocycles. The highest BCUT2D eigenvalue weighted by Gasteiger charge is 2.50. The van der Waals surface area contributed by atoms with Crippen LogP contribution in [0, 0.1) is 12.3 Å². The first-order valence-electron chi connectivity index (χ1n) is 5.97. The summed E-state index contributed by atoms with van der Waals surface area (Å²) < 4.78 is 0. The number of carbonyl (C=O) groups is 2. The number of hydrogen-bond acceptors (Lipinski definition) is 2. The van der Waals surface area contributed by atoms with Crippen LogP contribution in [0.5, 0.6) is 0 Å². The fourth-order valence-electron chi connectivity index (χ4n) is 1.76. The van der Waals surface area contributed by atoms with E-state index in [1.54, 1.807) is 18.2 Å². The number of aryl methyl sites for hydroxylation is 1. The monoisotopic (exact) mass is 282 g/mol. The summed E-state index contributed by atoms with van der Waals surface area (Å²) in [6.07, 6.45) is 1.22. The molecule has 5 nitrogen and oxygen atoms in total. The maximum atomic E-state index is 11.7. The van der Waals surface area contributed by atoms with Gasteiger partial charge in [0.1, 0.15) is 0 Å². The van der Waals surface area contributed by atoms with Crippen LogP contribution < -0.4 is 10.6 Å². The summed E-state index contributed by atoms with van der Waals surface area (Å²) in [5.74, 6) is -0.855. The molecule has 2 amide bonds. The van der Waals surface area contributed by atoms with Crippen LogP contribution in [0.15, 0.2) is 18.2 Å². The Kier molecular flexibility index (Phi) is 3.66. The SMILES string of the molecule is Cc1ccc(Cl)cc1NC(=O)NCC1(C(=O)O)CC1. The van der Waals surface area contributed by atoms with Gasteiger partial charge in [-0.1, -0.05) is 17.7 Å². The minimum Gasteiger partial charge on any atom is -0.481 e. The van der Waals surface area contributed by atoms with E-state index >= 15 is 0 Å². The van der Waals surface area contributed by atoms with Crippen molar-refractivity contribution in [2.24, 2.45) is 5.41 Å². The van der Waals surface area contributed by atoms with Gasteiger partial charge in [-0.3, -0.25) is 4.79 Å². The molecule has 0 unspecified atom stereocenters. The van der Waals surface area contributed by atoms with E-state index in [-0.39, 0.29) is 6.54 Å². The number of carboxylic acids is 1. The third-order valence-corrected chi connectivity index (χ3v) is 3.58. The largest absolute Gasteiger partial charge is 0.481 e. The van der Waals surface area contributed by atoms with Gasteiger partial charge in [0.15, 0.2) is 0 Å². The maximum Gasteiger partial charge on any atom is 0.319 e. The summed E-state index contributed by atoms with van der Waals surface area (Å²) >= 11 is 5.85. The van der Waals surface area contributed by atoms with E-state index in [2.05, 4.69) is 10.6 Å².